The number of halogens is 1. The minimum absolute atomic E-state index is 0.201. The zero-order chi connectivity index (χ0) is 11.8. The average molecular weight is 271 g/mol. The highest BCUT2D eigenvalue weighted by Crippen LogP contribution is 2.30. The summed E-state index contributed by atoms with van der Waals surface area (Å²) in [6.07, 6.45) is -0.201. The number of thiophene rings is 1. The third-order valence-electron chi connectivity index (χ3n) is 2.59. The molecule has 4 nitrogen and oxygen atoms in total. The molecule has 0 aliphatic carbocycles. The second-order valence-corrected chi connectivity index (χ2v) is 5.48. The Morgan fingerprint density at radius 3 is 3.06 bits per heavy atom. The van der Waals surface area contributed by atoms with Gasteiger partial charge in [-0.3, -0.25) is 0 Å². The lowest BCUT2D eigenvalue weighted by atomic mass is 10.3. The number of hydrogen-bond acceptors (Lipinski definition) is 5. The van der Waals surface area contributed by atoms with E-state index < -0.39 is 0 Å². The molecule has 0 radical (unpaired) electrons. The van der Waals surface area contributed by atoms with Crippen molar-refractivity contribution in [1.29, 1.82) is 0 Å². The highest BCUT2D eigenvalue weighted by molar-refractivity contribution is 7.18. The van der Waals surface area contributed by atoms with Gasteiger partial charge in [0.25, 0.3) is 0 Å². The Morgan fingerprint density at radius 2 is 2.29 bits per heavy atom. The van der Waals surface area contributed by atoms with Gasteiger partial charge in [-0.05, 0) is 13.0 Å². The van der Waals surface area contributed by atoms with Crippen LogP contribution in [0.3, 0.4) is 0 Å². The van der Waals surface area contributed by atoms with E-state index in [9.17, 15) is 0 Å². The molecule has 0 aromatic carbocycles. The van der Waals surface area contributed by atoms with Crippen LogP contribution in [0.25, 0.3) is 10.2 Å². The van der Waals surface area contributed by atoms with E-state index in [-0.39, 0.29) is 6.10 Å². The zero-order valence-electron chi connectivity index (χ0n) is 9.27. The summed E-state index contributed by atoms with van der Waals surface area (Å²) in [5, 5.41) is 1.40. The summed E-state index contributed by atoms with van der Waals surface area (Å²) in [5.74, 6) is 0.615. The van der Waals surface area contributed by atoms with E-state index in [0.717, 1.165) is 10.2 Å². The summed E-state index contributed by atoms with van der Waals surface area (Å²) >= 11 is 7.77. The molecule has 2 aromatic rings. The Labute approximate surface area is 108 Å². The Bertz CT molecular complexity index is 552. The fourth-order valence-electron chi connectivity index (χ4n) is 1.80. The SMILES string of the molecule is Cc1cc2c(Cl)nc(C3COCCO3)nc2s1. The van der Waals surface area contributed by atoms with Crippen molar-refractivity contribution in [3.05, 3.63) is 21.9 Å². The molecule has 17 heavy (non-hydrogen) atoms. The largest absolute Gasteiger partial charge is 0.376 e. The first-order valence-electron chi connectivity index (χ1n) is 5.37. The maximum Gasteiger partial charge on any atom is 0.162 e. The topological polar surface area (TPSA) is 44.2 Å². The number of nitrogens with zero attached hydrogens (tertiary/aromatic N) is 2. The molecule has 6 heteroatoms. The molecular formula is C11H11ClN2O2S. The van der Waals surface area contributed by atoms with Gasteiger partial charge in [-0.1, -0.05) is 11.6 Å². The molecule has 0 N–H and O–H groups in total. The molecule has 0 saturated carbocycles. The van der Waals surface area contributed by atoms with E-state index >= 15 is 0 Å². The summed E-state index contributed by atoms with van der Waals surface area (Å²) in [7, 11) is 0. The molecule has 3 heterocycles. The lowest BCUT2D eigenvalue weighted by Gasteiger charge is -2.21. The van der Waals surface area contributed by atoms with Crippen LogP contribution in [0.15, 0.2) is 6.07 Å². The fourth-order valence-corrected chi connectivity index (χ4v) is 2.98. The van der Waals surface area contributed by atoms with Gasteiger partial charge in [0, 0.05) is 10.3 Å². The monoisotopic (exact) mass is 270 g/mol. The number of hydrogen-bond donors (Lipinski definition) is 0. The van der Waals surface area contributed by atoms with Crippen LogP contribution in [0.2, 0.25) is 5.15 Å². The van der Waals surface area contributed by atoms with Gasteiger partial charge in [0.2, 0.25) is 0 Å². The third kappa shape index (κ3) is 2.15. The molecular weight excluding hydrogens is 260 g/mol. The number of aryl methyl sites for hydroxylation is 1. The van der Waals surface area contributed by atoms with Gasteiger partial charge in [0.05, 0.1) is 19.8 Å². The van der Waals surface area contributed by atoms with Crippen molar-refractivity contribution in [2.24, 2.45) is 0 Å². The first-order valence-corrected chi connectivity index (χ1v) is 6.56. The molecule has 0 spiro atoms. The van der Waals surface area contributed by atoms with Crippen LogP contribution in [-0.4, -0.2) is 29.8 Å². The zero-order valence-corrected chi connectivity index (χ0v) is 10.8. The van der Waals surface area contributed by atoms with Gasteiger partial charge in [0.1, 0.15) is 16.1 Å². The van der Waals surface area contributed by atoms with Gasteiger partial charge < -0.3 is 9.47 Å². The van der Waals surface area contributed by atoms with Gasteiger partial charge in [0.15, 0.2) is 5.82 Å². The quantitative estimate of drug-likeness (QED) is 0.748. The molecule has 1 atom stereocenters. The number of fused-ring (bicyclic) bond motifs is 1. The maximum atomic E-state index is 6.15. The number of aromatic nitrogens is 2. The van der Waals surface area contributed by atoms with Crippen LogP contribution in [0.5, 0.6) is 0 Å². The van der Waals surface area contributed by atoms with Gasteiger partial charge in [-0.15, -0.1) is 11.3 Å². The van der Waals surface area contributed by atoms with Crippen molar-refractivity contribution >= 4 is 33.2 Å². The van der Waals surface area contributed by atoms with E-state index in [1.807, 2.05) is 13.0 Å². The Hall–Kier alpha value is -0.750. The standard InChI is InChI=1S/C11H11ClN2O2S/c1-6-4-7-9(12)13-10(14-11(7)17-6)8-5-15-2-3-16-8/h4,8H,2-3,5H2,1H3. The first-order chi connectivity index (χ1) is 8.24. The van der Waals surface area contributed by atoms with Gasteiger partial charge in [-0.25, -0.2) is 9.97 Å². The molecule has 3 rings (SSSR count). The normalized spacial score (nSPS) is 20.9. The number of rotatable bonds is 1. The minimum Gasteiger partial charge on any atom is -0.376 e. The molecule has 1 unspecified atom stereocenters. The molecule has 1 fully saturated rings. The Kier molecular flexibility index (Phi) is 3.00. The van der Waals surface area contributed by atoms with Crippen molar-refractivity contribution in [3.8, 4) is 0 Å². The van der Waals surface area contributed by atoms with E-state index in [1.54, 1.807) is 11.3 Å². The minimum atomic E-state index is -0.201. The molecule has 90 valence electrons. The van der Waals surface area contributed by atoms with Crippen LogP contribution >= 0.6 is 22.9 Å². The lowest BCUT2D eigenvalue weighted by molar-refractivity contribution is -0.0933. The molecule has 1 aliphatic rings. The average Bonchev–Trinajstić information content (AvgIpc) is 2.71. The number of ether oxygens (including phenoxy) is 2. The summed E-state index contributed by atoms with van der Waals surface area (Å²) in [6.45, 7) is 3.73. The summed E-state index contributed by atoms with van der Waals surface area (Å²) in [6, 6.07) is 2.00. The summed E-state index contributed by atoms with van der Waals surface area (Å²) in [4.78, 5) is 10.9. The van der Waals surface area contributed by atoms with Crippen molar-refractivity contribution in [2.75, 3.05) is 19.8 Å². The fraction of sp³-hybridized carbons (Fsp3) is 0.455. The van der Waals surface area contributed by atoms with Gasteiger partial charge in [-0.2, -0.15) is 0 Å². The second kappa shape index (κ2) is 4.49. The predicted molar refractivity (Wildman–Crippen MR) is 66.7 cm³/mol. The van der Waals surface area contributed by atoms with Crippen LogP contribution in [0, 0.1) is 6.92 Å². The first kappa shape index (κ1) is 11.3. The molecule has 2 aromatic heterocycles. The molecule has 1 aliphatic heterocycles. The highest BCUT2D eigenvalue weighted by Gasteiger charge is 2.21. The van der Waals surface area contributed by atoms with Gasteiger partial charge >= 0.3 is 0 Å². The van der Waals surface area contributed by atoms with Crippen molar-refractivity contribution in [2.45, 2.75) is 13.0 Å². The Morgan fingerprint density at radius 1 is 1.41 bits per heavy atom. The molecule has 1 saturated heterocycles. The highest BCUT2D eigenvalue weighted by atomic mass is 35.5. The Balaban J connectivity index is 2.04. The molecule has 0 amide bonds. The van der Waals surface area contributed by atoms with Crippen molar-refractivity contribution < 1.29 is 9.47 Å². The second-order valence-electron chi connectivity index (χ2n) is 3.88. The van der Waals surface area contributed by atoms with E-state index in [0.29, 0.717) is 30.8 Å². The van der Waals surface area contributed by atoms with Crippen LogP contribution < -0.4 is 0 Å². The molecule has 0 bridgehead atoms. The predicted octanol–water partition coefficient (Wildman–Crippen LogP) is 2.74. The van der Waals surface area contributed by atoms with Crippen LogP contribution in [0.4, 0.5) is 0 Å². The van der Waals surface area contributed by atoms with E-state index in [1.165, 1.54) is 4.88 Å². The van der Waals surface area contributed by atoms with E-state index in [2.05, 4.69) is 9.97 Å². The van der Waals surface area contributed by atoms with Crippen LogP contribution in [-0.2, 0) is 9.47 Å². The maximum absolute atomic E-state index is 6.15. The van der Waals surface area contributed by atoms with Crippen LogP contribution in [0.1, 0.15) is 16.8 Å². The third-order valence-corrected chi connectivity index (χ3v) is 3.82. The lowest BCUT2D eigenvalue weighted by Crippen LogP contribution is -2.23. The van der Waals surface area contributed by atoms with Crippen molar-refractivity contribution in [3.63, 3.8) is 0 Å². The van der Waals surface area contributed by atoms with Crippen molar-refractivity contribution in [1.82, 2.24) is 9.97 Å². The smallest absolute Gasteiger partial charge is 0.162 e. The summed E-state index contributed by atoms with van der Waals surface area (Å²) in [5.41, 5.74) is 0. The summed E-state index contributed by atoms with van der Waals surface area (Å²) < 4.78 is 10.9. The van der Waals surface area contributed by atoms with E-state index in [4.69, 9.17) is 21.1 Å².